The van der Waals surface area contributed by atoms with Crippen molar-refractivity contribution in [3.8, 4) is 5.75 Å². The lowest BCUT2D eigenvalue weighted by molar-refractivity contribution is -0.384. The molecule has 0 saturated carbocycles. The van der Waals surface area contributed by atoms with E-state index >= 15 is 0 Å². The SMILES string of the molecule is CCc1ccc(C=CC(=O)Oc2ccc([N+](=O)[O-])cc2)cc1. The average molecular weight is 297 g/mol. The van der Waals surface area contributed by atoms with E-state index in [-0.39, 0.29) is 11.4 Å². The smallest absolute Gasteiger partial charge is 0.336 e. The Bertz CT molecular complexity index is 688. The molecule has 112 valence electrons. The molecule has 22 heavy (non-hydrogen) atoms. The van der Waals surface area contributed by atoms with Gasteiger partial charge in [0.1, 0.15) is 5.75 Å². The summed E-state index contributed by atoms with van der Waals surface area (Å²) in [6, 6.07) is 13.2. The summed E-state index contributed by atoms with van der Waals surface area (Å²) in [5.41, 5.74) is 2.08. The van der Waals surface area contributed by atoms with Crippen molar-refractivity contribution < 1.29 is 14.5 Å². The van der Waals surface area contributed by atoms with Crippen LogP contribution in [0.4, 0.5) is 5.69 Å². The fourth-order valence-electron chi connectivity index (χ4n) is 1.81. The number of hydrogen-bond donors (Lipinski definition) is 0. The molecular formula is C17H15NO4. The molecule has 0 aliphatic heterocycles. The molecule has 0 unspecified atom stereocenters. The maximum Gasteiger partial charge on any atom is 0.336 e. The third-order valence-electron chi connectivity index (χ3n) is 3.07. The van der Waals surface area contributed by atoms with Crippen molar-refractivity contribution in [3.05, 3.63) is 75.8 Å². The van der Waals surface area contributed by atoms with Gasteiger partial charge in [0.05, 0.1) is 4.92 Å². The number of benzene rings is 2. The molecule has 0 saturated heterocycles. The molecule has 0 spiro atoms. The average Bonchev–Trinajstić information content (AvgIpc) is 2.54. The highest BCUT2D eigenvalue weighted by molar-refractivity contribution is 5.88. The first-order valence-corrected chi connectivity index (χ1v) is 6.82. The Kier molecular flexibility index (Phi) is 5.03. The van der Waals surface area contributed by atoms with Crippen LogP contribution in [-0.2, 0) is 11.2 Å². The molecule has 2 rings (SSSR count). The largest absolute Gasteiger partial charge is 0.423 e. The Morgan fingerprint density at radius 2 is 1.77 bits per heavy atom. The summed E-state index contributed by atoms with van der Waals surface area (Å²) < 4.78 is 5.07. The second-order valence-electron chi connectivity index (χ2n) is 4.60. The van der Waals surface area contributed by atoms with E-state index in [1.54, 1.807) is 6.08 Å². The summed E-state index contributed by atoms with van der Waals surface area (Å²) >= 11 is 0. The number of nitrogens with zero attached hydrogens (tertiary/aromatic N) is 1. The molecule has 0 fully saturated rings. The Balaban J connectivity index is 1.96. The summed E-state index contributed by atoms with van der Waals surface area (Å²) in [5, 5.41) is 10.5. The number of ether oxygens (including phenoxy) is 1. The van der Waals surface area contributed by atoms with E-state index in [1.807, 2.05) is 24.3 Å². The normalized spacial score (nSPS) is 10.6. The van der Waals surface area contributed by atoms with E-state index < -0.39 is 10.9 Å². The third kappa shape index (κ3) is 4.28. The van der Waals surface area contributed by atoms with Gasteiger partial charge in [0.15, 0.2) is 0 Å². The number of carbonyl (C=O) groups excluding carboxylic acids is 1. The van der Waals surface area contributed by atoms with Crippen LogP contribution in [0.25, 0.3) is 6.08 Å². The second kappa shape index (κ2) is 7.17. The number of esters is 1. The zero-order valence-corrected chi connectivity index (χ0v) is 12.1. The van der Waals surface area contributed by atoms with Crippen molar-refractivity contribution in [1.82, 2.24) is 0 Å². The first kappa shape index (κ1) is 15.4. The van der Waals surface area contributed by atoms with Gasteiger partial charge >= 0.3 is 5.97 Å². The second-order valence-corrected chi connectivity index (χ2v) is 4.60. The van der Waals surface area contributed by atoms with Crippen molar-refractivity contribution in [1.29, 1.82) is 0 Å². The summed E-state index contributed by atoms with van der Waals surface area (Å²) in [6.45, 7) is 2.08. The zero-order chi connectivity index (χ0) is 15.9. The zero-order valence-electron chi connectivity index (χ0n) is 12.1. The Morgan fingerprint density at radius 1 is 1.14 bits per heavy atom. The van der Waals surface area contributed by atoms with Crippen LogP contribution in [-0.4, -0.2) is 10.9 Å². The van der Waals surface area contributed by atoms with Crippen LogP contribution in [0.1, 0.15) is 18.1 Å². The van der Waals surface area contributed by atoms with E-state index in [1.165, 1.54) is 35.9 Å². The lowest BCUT2D eigenvalue weighted by atomic mass is 10.1. The standard InChI is InChI=1S/C17H15NO4/c1-2-13-3-5-14(6-4-13)7-12-17(19)22-16-10-8-15(9-11-16)18(20)21/h3-12H,2H2,1H3. The van der Waals surface area contributed by atoms with Crippen molar-refractivity contribution >= 4 is 17.7 Å². The van der Waals surface area contributed by atoms with Crippen molar-refractivity contribution in [2.45, 2.75) is 13.3 Å². The van der Waals surface area contributed by atoms with Gasteiger partial charge in [0.25, 0.3) is 5.69 Å². The molecule has 0 aliphatic carbocycles. The quantitative estimate of drug-likeness (QED) is 0.277. The van der Waals surface area contributed by atoms with Gasteiger partial charge in [0, 0.05) is 18.2 Å². The van der Waals surface area contributed by atoms with Gasteiger partial charge in [-0.1, -0.05) is 31.2 Å². The van der Waals surface area contributed by atoms with E-state index in [0.717, 1.165) is 12.0 Å². The maximum atomic E-state index is 11.7. The monoisotopic (exact) mass is 297 g/mol. The van der Waals surface area contributed by atoms with Crippen LogP contribution >= 0.6 is 0 Å². The molecule has 0 bridgehead atoms. The third-order valence-corrected chi connectivity index (χ3v) is 3.07. The molecular weight excluding hydrogens is 282 g/mol. The number of rotatable bonds is 5. The lowest BCUT2D eigenvalue weighted by Gasteiger charge is -2.01. The highest BCUT2D eigenvalue weighted by Gasteiger charge is 2.06. The van der Waals surface area contributed by atoms with Crippen LogP contribution in [0.2, 0.25) is 0 Å². The minimum absolute atomic E-state index is 0.0497. The van der Waals surface area contributed by atoms with Gasteiger partial charge in [-0.3, -0.25) is 10.1 Å². The van der Waals surface area contributed by atoms with Gasteiger partial charge in [-0.05, 0) is 35.8 Å². The van der Waals surface area contributed by atoms with Crippen LogP contribution in [0.3, 0.4) is 0 Å². The fourth-order valence-corrected chi connectivity index (χ4v) is 1.81. The van der Waals surface area contributed by atoms with Gasteiger partial charge in [-0.2, -0.15) is 0 Å². The number of aryl methyl sites for hydroxylation is 1. The van der Waals surface area contributed by atoms with Crippen LogP contribution in [0.15, 0.2) is 54.6 Å². The predicted molar refractivity (Wildman–Crippen MR) is 83.6 cm³/mol. The van der Waals surface area contributed by atoms with Gasteiger partial charge in [0.2, 0.25) is 0 Å². The first-order valence-electron chi connectivity index (χ1n) is 6.82. The highest BCUT2D eigenvalue weighted by atomic mass is 16.6. The molecule has 0 amide bonds. The summed E-state index contributed by atoms with van der Waals surface area (Å²) in [4.78, 5) is 21.7. The maximum absolute atomic E-state index is 11.7. The molecule has 0 N–H and O–H groups in total. The van der Waals surface area contributed by atoms with E-state index in [9.17, 15) is 14.9 Å². The molecule has 2 aromatic rings. The molecule has 0 radical (unpaired) electrons. The Labute approximate surface area is 128 Å². The molecule has 2 aromatic carbocycles. The highest BCUT2D eigenvalue weighted by Crippen LogP contribution is 2.17. The van der Waals surface area contributed by atoms with Crippen LogP contribution in [0.5, 0.6) is 5.75 Å². The molecule has 5 heteroatoms. The lowest BCUT2D eigenvalue weighted by Crippen LogP contribution is -2.03. The van der Waals surface area contributed by atoms with E-state index in [4.69, 9.17) is 4.74 Å². The number of hydrogen-bond acceptors (Lipinski definition) is 4. The van der Waals surface area contributed by atoms with Crippen LogP contribution < -0.4 is 4.74 Å². The van der Waals surface area contributed by atoms with Gasteiger partial charge in [-0.15, -0.1) is 0 Å². The summed E-state index contributed by atoms with van der Waals surface area (Å²) in [6.07, 6.45) is 3.95. The van der Waals surface area contributed by atoms with Crippen molar-refractivity contribution in [2.75, 3.05) is 0 Å². The van der Waals surface area contributed by atoms with Crippen molar-refractivity contribution in [2.24, 2.45) is 0 Å². The van der Waals surface area contributed by atoms with Gasteiger partial charge in [-0.25, -0.2) is 4.79 Å². The number of carbonyl (C=O) groups is 1. The number of non-ortho nitro benzene ring substituents is 1. The molecule has 0 aliphatic rings. The number of nitro groups is 1. The fraction of sp³-hybridized carbons (Fsp3) is 0.118. The molecule has 0 aromatic heterocycles. The van der Waals surface area contributed by atoms with E-state index in [0.29, 0.717) is 0 Å². The Morgan fingerprint density at radius 3 is 2.32 bits per heavy atom. The Hall–Kier alpha value is -2.95. The van der Waals surface area contributed by atoms with E-state index in [2.05, 4.69) is 6.92 Å². The summed E-state index contributed by atoms with van der Waals surface area (Å²) in [7, 11) is 0. The minimum atomic E-state index is -0.534. The first-order chi connectivity index (χ1) is 10.6. The molecule has 5 nitrogen and oxygen atoms in total. The minimum Gasteiger partial charge on any atom is -0.423 e. The number of nitro benzene ring substituents is 1. The summed E-state index contributed by atoms with van der Waals surface area (Å²) in [5.74, 6) is -0.269. The molecule has 0 atom stereocenters. The topological polar surface area (TPSA) is 69.4 Å². The predicted octanol–water partition coefficient (Wildman–Crippen LogP) is 3.78. The molecule has 0 heterocycles. The van der Waals surface area contributed by atoms with Gasteiger partial charge < -0.3 is 4.74 Å². The van der Waals surface area contributed by atoms with Crippen molar-refractivity contribution in [3.63, 3.8) is 0 Å². The van der Waals surface area contributed by atoms with Crippen LogP contribution in [0, 0.1) is 10.1 Å².